The van der Waals surface area contributed by atoms with Crippen LogP contribution in [0.25, 0.3) is 0 Å². The van der Waals surface area contributed by atoms with Crippen molar-refractivity contribution in [3.05, 3.63) is 58.7 Å². The Morgan fingerprint density at radius 1 is 1.03 bits per heavy atom. The van der Waals surface area contributed by atoms with Gasteiger partial charge in [0.05, 0.1) is 18.5 Å². The molecule has 1 amide bonds. The summed E-state index contributed by atoms with van der Waals surface area (Å²) in [6.07, 6.45) is 1.48. The third-order valence-corrected chi connectivity index (χ3v) is 5.96. The van der Waals surface area contributed by atoms with Crippen LogP contribution in [0.4, 0.5) is 5.69 Å². The van der Waals surface area contributed by atoms with Crippen molar-refractivity contribution in [3.63, 3.8) is 0 Å². The number of aryl methyl sites for hydroxylation is 4. The molecule has 0 saturated carbocycles. The molecule has 7 heteroatoms. The van der Waals surface area contributed by atoms with Crippen LogP contribution >= 0.6 is 0 Å². The first-order chi connectivity index (χ1) is 14.0. The van der Waals surface area contributed by atoms with Gasteiger partial charge in [-0.15, -0.1) is 0 Å². The van der Waals surface area contributed by atoms with Gasteiger partial charge in [0, 0.05) is 0 Å². The summed E-state index contributed by atoms with van der Waals surface area (Å²) in [5.41, 5.74) is 4.48. The first-order valence-electron chi connectivity index (χ1n) is 10.1. The number of nitrogens with one attached hydrogen (secondary N) is 1. The van der Waals surface area contributed by atoms with E-state index in [1.165, 1.54) is 4.31 Å². The Balaban J connectivity index is 2.11. The molecule has 0 unspecified atom stereocenters. The van der Waals surface area contributed by atoms with E-state index in [0.29, 0.717) is 18.7 Å². The quantitative estimate of drug-likeness (QED) is 0.614. The van der Waals surface area contributed by atoms with Crippen LogP contribution in [0.5, 0.6) is 5.75 Å². The Kier molecular flexibility index (Phi) is 7.89. The van der Waals surface area contributed by atoms with Gasteiger partial charge in [-0.2, -0.15) is 0 Å². The number of nitrogens with zero attached hydrogens (tertiary/aromatic N) is 1. The molecule has 0 fully saturated rings. The molecular formula is C23H32N2O4S. The molecule has 1 atom stereocenters. The van der Waals surface area contributed by atoms with Gasteiger partial charge in [0.2, 0.25) is 15.9 Å². The second kappa shape index (κ2) is 9.98. The molecular weight excluding hydrogens is 400 g/mol. The minimum atomic E-state index is -3.66. The van der Waals surface area contributed by atoms with Crippen LogP contribution in [-0.4, -0.2) is 39.8 Å². The van der Waals surface area contributed by atoms with Gasteiger partial charge in [-0.05, 0) is 74.6 Å². The third-order valence-electron chi connectivity index (χ3n) is 4.80. The van der Waals surface area contributed by atoms with E-state index < -0.39 is 16.1 Å². The Bertz CT molecular complexity index is 982. The van der Waals surface area contributed by atoms with Crippen molar-refractivity contribution in [2.24, 2.45) is 0 Å². The number of ether oxygens (including phenoxy) is 1. The zero-order chi connectivity index (χ0) is 22.5. The molecule has 0 saturated heterocycles. The predicted molar refractivity (Wildman–Crippen MR) is 122 cm³/mol. The van der Waals surface area contributed by atoms with Crippen molar-refractivity contribution in [2.75, 3.05) is 23.7 Å². The number of rotatable bonds is 9. The summed E-state index contributed by atoms with van der Waals surface area (Å²) < 4.78 is 32.2. The first kappa shape index (κ1) is 23.7. The maximum atomic E-state index is 12.9. The molecule has 1 N–H and O–H groups in total. The molecule has 0 aliphatic rings. The van der Waals surface area contributed by atoms with Crippen LogP contribution in [0.1, 0.15) is 35.6 Å². The second-order valence-electron chi connectivity index (χ2n) is 7.74. The average Bonchev–Trinajstić information content (AvgIpc) is 2.63. The van der Waals surface area contributed by atoms with Crippen LogP contribution in [0, 0.1) is 27.7 Å². The van der Waals surface area contributed by atoms with E-state index in [1.807, 2.05) is 52.0 Å². The highest BCUT2D eigenvalue weighted by molar-refractivity contribution is 7.92. The van der Waals surface area contributed by atoms with Gasteiger partial charge in [-0.1, -0.05) is 25.1 Å². The molecule has 2 aromatic carbocycles. The van der Waals surface area contributed by atoms with Crippen molar-refractivity contribution in [1.82, 2.24) is 5.32 Å². The van der Waals surface area contributed by atoms with Crippen LogP contribution in [0.15, 0.2) is 36.4 Å². The lowest BCUT2D eigenvalue weighted by Crippen LogP contribution is -2.50. The number of carbonyl (C=O) groups excluding carboxylic acids is 1. The molecule has 0 spiro atoms. The van der Waals surface area contributed by atoms with Crippen LogP contribution in [-0.2, 0) is 14.8 Å². The lowest BCUT2D eigenvalue weighted by Gasteiger charge is -2.31. The van der Waals surface area contributed by atoms with E-state index in [-0.39, 0.29) is 12.5 Å². The number of amides is 1. The molecule has 164 valence electrons. The van der Waals surface area contributed by atoms with Crippen molar-refractivity contribution in [3.8, 4) is 5.75 Å². The summed E-state index contributed by atoms with van der Waals surface area (Å²) in [5, 5.41) is 2.82. The van der Waals surface area contributed by atoms with Crippen molar-refractivity contribution in [2.45, 2.75) is 47.1 Å². The summed E-state index contributed by atoms with van der Waals surface area (Å²) in [4.78, 5) is 12.9. The highest BCUT2D eigenvalue weighted by Gasteiger charge is 2.32. The largest absolute Gasteiger partial charge is 0.492 e. The standard InChI is InChI=1S/C23H32N2O4S/c1-7-21(25(30(6,27)28)22-15-16(2)8-9-19(22)5)23(26)24-10-11-29-20-13-17(3)12-18(4)14-20/h8-9,12-15,21H,7,10-11H2,1-6H3,(H,24,26)/t21-/m1/s1. The topological polar surface area (TPSA) is 75.7 Å². The maximum Gasteiger partial charge on any atom is 0.244 e. The fourth-order valence-corrected chi connectivity index (χ4v) is 4.73. The minimum absolute atomic E-state index is 0.284. The summed E-state index contributed by atoms with van der Waals surface area (Å²) in [6.45, 7) is 10.1. The van der Waals surface area contributed by atoms with Gasteiger partial charge >= 0.3 is 0 Å². The fraction of sp³-hybridized carbons (Fsp3) is 0.435. The van der Waals surface area contributed by atoms with E-state index in [1.54, 1.807) is 13.0 Å². The van der Waals surface area contributed by atoms with E-state index in [9.17, 15) is 13.2 Å². The summed E-state index contributed by atoms with van der Waals surface area (Å²) in [5.74, 6) is 0.412. The number of hydrogen-bond acceptors (Lipinski definition) is 4. The van der Waals surface area contributed by atoms with Crippen LogP contribution in [0.3, 0.4) is 0 Å². The molecule has 0 bridgehead atoms. The smallest absolute Gasteiger partial charge is 0.244 e. The average molecular weight is 433 g/mol. The van der Waals surface area contributed by atoms with Gasteiger partial charge in [-0.3, -0.25) is 9.10 Å². The number of sulfonamides is 1. The Morgan fingerprint density at radius 2 is 1.67 bits per heavy atom. The Morgan fingerprint density at radius 3 is 2.23 bits per heavy atom. The molecule has 6 nitrogen and oxygen atoms in total. The summed E-state index contributed by atoms with van der Waals surface area (Å²) >= 11 is 0. The zero-order valence-electron chi connectivity index (χ0n) is 18.7. The minimum Gasteiger partial charge on any atom is -0.492 e. The molecule has 0 aliphatic carbocycles. The summed E-state index contributed by atoms with van der Waals surface area (Å²) in [6, 6.07) is 10.7. The zero-order valence-corrected chi connectivity index (χ0v) is 19.5. The monoisotopic (exact) mass is 432 g/mol. The Hall–Kier alpha value is -2.54. The number of benzene rings is 2. The van der Waals surface area contributed by atoms with Crippen LogP contribution in [0.2, 0.25) is 0 Å². The molecule has 2 aromatic rings. The second-order valence-corrected chi connectivity index (χ2v) is 9.60. The number of hydrogen-bond donors (Lipinski definition) is 1. The highest BCUT2D eigenvalue weighted by Crippen LogP contribution is 2.27. The fourth-order valence-electron chi connectivity index (χ4n) is 3.47. The lowest BCUT2D eigenvalue weighted by atomic mass is 10.1. The lowest BCUT2D eigenvalue weighted by molar-refractivity contribution is -0.122. The van der Waals surface area contributed by atoms with Crippen molar-refractivity contribution < 1.29 is 17.9 Å². The maximum absolute atomic E-state index is 12.9. The Labute approximate surface area is 180 Å². The van der Waals surface area contributed by atoms with Gasteiger partial charge in [0.15, 0.2) is 0 Å². The van der Waals surface area contributed by atoms with E-state index in [4.69, 9.17) is 4.74 Å². The van der Waals surface area contributed by atoms with E-state index >= 15 is 0 Å². The molecule has 0 radical (unpaired) electrons. The summed E-state index contributed by atoms with van der Waals surface area (Å²) in [7, 11) is -3.66. The number of carbonyl (C=O) groups is 1. The van der Waals surface area contributed by atoms with Crippen molar-refractivity contribution >= 4 is 21.6 Å². The van der Waals surface area contributed by atoms with E-state index in [2.05, 4.69) is 11.4 Å². The molecule has 2 rings (SSSR count). The van der Waals surface area contributed by atoms with Crippen molar-refractivity contribution in [1.29, 1.82) is 0 Å². The highest BCUT2D eigenvalue weighted by atomic mass is 32.2. The van der Waals surface area contributed by atoms with Gasteiger partial charge in [0.1, 0.15) is 18.4 Å². The predicted octanol–water partition coefficient (Wildman–Crippen LogP) is 3.66. The van der Waals surface area contributed by atoms with Gasteiger partial charge in [-0.25, -0.2) is 8.42 Å². The van der Waals surface area contributed by atoms with E-state index in [0.717, 1.165) is 34.3 Å². The molecule has 30 heavy (non-hydrogen) atoms. The van der Waals surface area contributed by atoms with Gasteiger partial charge < -0.3 is 10.1 Å². The van der Waals surface area contributed by atoms with Crippen LogP contribution < -0.4 is 14.4 Å². The molecule has 0 aliphatic heterocycles. The van der Waals surface area contributed by atoms with Gasteiger partial charge in [0.25, 0.3) is 0 Å². The SMILES string of the molecule is CC[C@H](C(=O)NCCOc1cc(C)cc(C)c1)N(c1cc(C)ccc1C)S(C)(=O)=O. The third kappa shape index (κ3) is 6.23. The normalized spacial score (nSPS) is 12.3. The number of anilines is 1. The molecule has 0 heterocycles. The first-order valence-corrected chi connectivity index (χ1v) is 11.9. The molecule has 0 aromatic heterocycles.